The van der Waals surface area contributed by atoms with Crippen molar-refractivity contribution >= 4 is 5.57 Å². The summed E-state index contributed by atoms with van der Waals surface area (Å²) in [5, 5.41) is 0. The molecule has 0 fully saturated rings. The molecule has 3 heteroatoms. The summed E-state index contributed by atoms with van der Waals surface area (Å²) in [6.07, 6.45) is 9.82. The highest BCUT2D eigenvalue weighted by Gasteiger charge is 2.13. The van der Waals surface area contributed by atoms with Crippen molar-refractivity contribution in [3.05, 3.63) is 108 Å². The number of allylic oxidation sites excluding steroid dienone is 4. The highest BCUT2D eigenvalue weighted by Crippen LogP contribution is 2.27. The molecular weight excluding hydrogens is 438 g/mol. The Kier molecular flexibility index (Phi) is 10.3. The van der Waals surface area contributed by atoms with Crippen LogP contribution in [0.4, 0.5) is 0 Å². The van der Waals surface area contributed by atoms with Crippen LogP contribution in [0.5, 0.6) is 0 Å². The number of aromatic nitrogens is 3. The molecule has 1 aliphatic carbocycles. The van der Waals surface area contributed by atoms with Crippen LogP contribution in [0, 0.1) is 6.92 Å². The minimum atomic E-state index is 0.694. The van der Waals surface area contributed by atoms with Crippen LogP contribution in [-0.4, -0.2) is 15.0 Å². The van der Waals surface area contributed by atoms with E-state index in [2.05, 4.69) is 87.5 Å². The lowest BCUT2D eigenvalue weighted by Gasteiger charge is -2.11. The SMILES string of the molecule is CC.CCC.Cc1cccc(-c2ccc(-c3nc(C4=CCCC=C4)nc(-c4ccccc4)n3)cc2)c1. The molecular formula is C33H37N3. The molecule has 3 nitrogen and oxygen atoms in total. The first-order chi connectivity index (χ1) is 17.7. The predicted molar refractivity (Wildman–Crippen MR) is 155 cm³/mol. The standard InChI is InChI=1S/C28H23N3.C3H8.C2H6/c1-20-9-8-14-25(19-20)21-15-17-24(18-16-21)28-30-26(22-10-4-2-5-11-22)29-27(31-28)23-12-6-3-7-13-23;1-3-2;1-2/h2,4-6,8-19H,3,7H2,1H3;3H2,1-2H3;1-2H3. The molecule has 3 aromatic carbocycles. The quantitative estimate of drug-likeness (QED) is 0.295. The molecule has 0 bridgehead atoms. The number of hydrogen-bond acceptors (Lipinski definition) is 3. The number of aryl methyl sites for hydroxylation is 1. The lowest BCUT2D eigenvalue weighted by Crippen LogP contribution is -2.03. The summed E-state index contributed by atoms with van der Waals surface area (Å²) in [6.45, 7) is 10.4. The van der Waals surface area contributed by atoms with Crippen LogP contribution in [-0.2, 0) is 0 Å². The maximum absolute atomic E-state index is 4.83. The molecule has 1 aliphatic rings. The van der Waals surface area contributed by atoms with Gasteiger partial charge in [-0.05, 0) is 30.9 Å². The minimum Gasteiger partial charge on any atom is -0.208 e. The number of nitrogens with zero attached hydrogens (tertiary/aromatic N) is 3. The number of hydrogen-bond donors (Lipinski definition) is 0. The van der Waals surface area contributed by atoms with Crippen molar-refractivity contribution in [3.8, 4) is 33.9 Å². The third-order valence-corrected chi connectivity index (χ3v) is 5.42. The molecule has 0 aliphatic heterocycles. The molecule has 0 saturated heterocycles. The highest BCUT2D eigenvalue weighted by atomic mass is 15.0. The molecule has 0 unspecified atom stereocenters. The summed E-state index contributed by atoms with van der Waals surface area (Å²) in [7, 11) is 0. The lowest BCUT2D eigenvalue weighted by atomic mass is 10.0. The monoisotopic (exact) mass is 475 g/mol. The first-order valence-electron chi connectivity index (χ1n) is 13.0. The molecule has 0 radical (unpaired) electrons. The van der Waals surface area contributed by atoms with Gasteiger partial charge in [0.25, 0.3) is 0 Å². The van der Waals surface area contributed by atoms with Crippen LogP contribution in [0.25, 0.3) is 39.5 Å². The zero-order chi connectivity index (χ0) is 25.8. The third-order valence-electron chi connectivity index (χ3n) is 5.42. The van der Waals surface area contributed by atoms with Gasteiger partial charge in [0.2, 0.25) is 0 Å². The topological polar surface area (TPSA) is 38.7 Å². The molecule has 0 atom stereocenters. The van der Waals surface area contributed by atoms with Crippen molar-refractivity contribution in [3.63, 3.8) is 0 Å². The Morgan fingerprint density at radius 1 is 0.611 bits per heavy atom. The van der Waals surface area contributed by atoms with E-state index in [1.807, 2.05) is 44.2 Å². The van der Waals surface area contributed by atoms with E-state index in [1.165, 1.54) is 23.1 Å². The Hall–Kier alpha value is -3.85. The maximum atomic E-state index is 4.83. The Labute approximate surface area is 216 Å². The Morgan fingerprint density at radius 3 is 1.75 bits per heavy atom. The molecule has 0 spiro atoms. The fourth-order valence-electron chi connectivity index (χ4n) is 3.77. The Morgan fingerprint density at radius 2 is 1.17 bits per heavy atom. The van der Waals surface area contributed by atoms with E-state index >= 15 is 0 Å². The van der Waals surface area contributed by atoms with Crippen LogP contribution < -0.4 is 0 Å². The summed E-state index contributed by atoms with van der Waals surface area (Å²) in [4.78, 5) is 14.4. The van der Waals surface area contributed by atoms with Crippen molar-refractivity contribution in [2.75, 3.05) is 0 Å². The normalized spacial score (nSPS) is 12.0. The van der Waals surface area contributed by atoms with E-state index in [0.29, 0.717) is 11.6 Å². The average Bonchev–Trinajstić information content (AvgIpc) is 2.95. The van der Waals surface area contributed by atoms with E-state index in [-0.39, 0.29) is 0 Å². The summed E-state index contributed by atoms with van der Waals surface area (Å²) >= 11 is 0. The Bertz CT molecular complexity index is 1290. The smallest absolute Gasteiger partial charge is 0.164 e. The molecule has 0 N–H and O–H groups in total. The van der Waals surface area contributed by atoms with Gasteiger partial charge < -0.3 is 0 Å². The van der Waals surface area contributed by atoms with Gasteiger partial charge in [-0.3, -0.25) is 0 Å². The first-order valence-corrected chi connectivity index (χ1v) is 13.0. The van der Waals surface area contributed by atoms with E-state index in [9.17, 15) is 0 Å². The summed E-state index contributed by atoms with van der Waals surface area (Å²) in [5.74, 6) is 2.12. The van der Waals surface area contributed by atoms with E-state index in [0.717, 1.165) is 35.4 Å². The minimum absolute atomic E-state index is 0.694. The molecule has 0 saturated carbocycles. The number of benzene rings is 3. The zero-order valence-corrected chi connectivity index (χ0v) is 22.2. The maximum Gasteiger partial charge on any atom is 0.164 e. The molecule has 5 rings (SSSR count). The molecule has 36 heavy (non-hydrogen) atoms. The van der Waals surface area contributed by atoms with Gasteiger partial charge in [-0.25, -0.2) is 15.0 Å². The molecule has 184 valence electrons. The second kappa shape index (κ2) is 13.9. The van der Waals surface area contributed by atoms with Crippen LogP contribution in [0.1, 0.15) is 58.3 Å². The molecule has 4 aromatic rings. The predicted octanol–water partition coefficient (Wildman–Crippen LogP) is 9.36. The van der Waals surface area contributed by atoms with Gasteiger partial charge in [-0.15, -0.1) is 0 Å². The van der Waals surface area contributed by atoms with Gasteiger partial charge in [0.1, 0.15) is 0 Å². The van der Waals surface area contributed by atoms with Crippen LogP contribution in [0.2, 0.25) is 0 Å². The summed E-state index contributed by atoms with van der Waals surface area (Å²) in [6, 6.07) is 27.1. The van der Waals surface area contributed by atoms with Gasteiger partial charge in [0.05, 0.1) is 0 Å². The van der Waals surface area contributed by atoms with Crippen molar-refractivity contribution in [1.82, 2.24) is 15.0 Å². The van der Waals surface area contributed by atoms with Crippen LogP contribution in [0.3, 0.4) is 0 Å². The molecule has 1 aromatic heterocycles. The Balaban J connectivity index is 0.000000674. The zero-order valence-electron chi connectivity index (χ0n) is 22.2. The first kappa shape index (κ1) is 26.7. The number of rotatable bonds is 4. The van der Waals surface area contributed by atoms with Gasteiger partial charge in [-0.1, -0.05) is 137 Å². The van der Waals surface area contributed by atoms with Crippen LogP contribution in [0.15, 0.2) is 97.1 Å². The van der Waals surface area contributed by atoms with Crippen molar-refractivity contribution in [2.45, 2.75) is 53.9 Å². The molecule has 0 amide bonds. The van der Waals surface area contributed by atoms with Crippen molar-refractivity contribution < 1.29 is 0 Å². The van der Waals surface area contributed by atoms with Crippen LogP contribution >= 0.6 is 0 Å². The van der Waals surface area contributed by atoms with Gasteiger partial charge in [-0.2, -0.15) is 0 Å². The highest BCUT2D eigenvalue weighted by molar-refractivity contribution is 5.74. The fraction of sp³-hybridized carbons (Fsp3) is 0.242. The second-order valence-electron chi connectivity index (χ2n) is 8.47. The van der Waals surface area contributed by atoms with Gasteiger partial charge in [0, 0.05) is 16.7 Å². The second-order valence-corrected chi connectivity index (χ2v) is 8.47. The molecule has 1 heterocycles. The summed E-state index contributed by atoms with van der Waals surface area (Å²) in [5.41, 5.74) is 6.68. The average molecular weight is 476 g/mol. The summed E-state index contributed by atoms with van der Waals surface area (Å²) < 4.78 is 0. The van der Waals surface area contributed by atoms with Crippen molar-refractivity contribution in [2.24, 2.45) is 0 Å². The van der Waals surface area contributed by atoms with Gasteiger partial charge >= 0.3 is 0 Å². The van der Waals surface area contributed by atoms with E-state index < -0.39 is 0 Å². The van der Waals surface area contributed by atoms with E-state index in [4.69, 9.17) is 15.0 Å². The van der Waals surface area contributed by atoms with Gasteiger partial charge in [0.15, 0.2) is 17.5 Å². The van der Waals surface area contributed by atoms with E-state index in [1.54, 1.807) is 0 Å². The largest absolute Gasteiger partial charge is 0.208 e. The lowest BCUT2D eigenvalue weighted by molar-refractivity contribution is 1.01. The van der Waals surface area contributed by atoms with Crippen molar-refractivity contribution in [1.29, 1.82) is 0 Å². The third kappa shape index (κ3) is 7.08. The fourth-order valence-corrected chi connectivity index (χ4v) is 3.77.